The molecular weight excluding hydrogens is 270 g/mol. The zero-order chi connectivity index (χ0) is 15.6. The van der Waals surface area contributed by atoms with E-state index < -0.39 is 5.97 Å². The maximum Gasteiger partial charge on any atom is 0.339 e. The summed E-state index contributed by atoms with van der Waals surface area (Å²) in [6.07, 6.45) is 3.24. The number of morpholine rings is 1. The van der Waals surface area contributed by atoms with Crippen LogP contribution in [0.15, 0.2) is 29.2 Å². The van der Waals surface area contributed by atoms with Crippen LogP contribution in [0.5, 0.6) is 0 Å². The van der Waals surface area contributed by atoms with Crippen molar-refractivity contribution >= 4 is 11.7 Å². The second-order valence-corrected chi connectivity index (χ2v) is 5.74. The molecule has 2 atom stereocenters. The van der Waals surface area contributed by atoms with Gasteiger partial charge in [0.1, 0.15) is 5.82 Å². The van der Waals surface area contributed by atoms with Crippen LogP contribution in [-0.2, 0) is 9.53 Å². The fourth-order valence-electron chi connectivity index (χ4n) is 2.59. The standard InChI is InChI=1S/C15H23N3O3/c1-9-7-18(8-10(2)21-9)11(3)17-14(12-4-5-12)13(6-16)15(19)20/h6,9-10,12H,3-5,7-8,16H2,1-2H3,(H,19,20)/b13-6+,17-14?. The first-order chi connectivity index (χ1) is 9.92. The van der Waals surface area contributed by atoms with Crippen LogP contribution in [0.25, 0.3) is 0 Å². The normalized spacial score (nSPS) is 27.6. The molecule has 0 aromatic rings. The molecule has 0 radical (unpaired) electrons. The Hall–Kier alpha value is -1.82. The van der Waals surface area contributed by atoms with Crippen molar-refractivity contribution < 1.29 is 14.6 Å². The van der Waals surface area contributed by atoms with Gasteiger partial charge in [0.05, 0.1) is 23.5 Å². The molecule has 0 amide bonds. The molecule has 1 saturated heterocycles. The third kappa shape index (κ3) is 3.85. The lowest BCUT2D eigenvalue weighted by atomic mass is 10.1. The van der Waals surface area contributed by atoms with Crippen LogP contribution in [-0.4, -0.2) is 47.0 Å². The SMILES string of the molecule is C=C(N=C(/C(=C\N)C(=O)O)C1CC1)N1CC(C)OC(C)C1. The number of carbonyl (C=O) groups is 1. The number of nitrogens with zero attached hydrogens (tertiary/aromatic N) is 2. The molecule has 116 valence electrons. The van der Waals surface area contributed by atoms with Gasteiger partial charge in [-0.1, -0.05) is 6.58 Å². The molecule has 3 N–H and O–H groups in total. The number of aliphatic imine (C=N–C) groups is 1. The average Bonchev–Trinajstić information content (AvgIpc) is 3.20. The van der Waals surface area contributed by atoms with Gasteiger partial charge in [-0.15, -0.1) is 0 Å². The predicted octanol–water partition coefficient (Wildman–Crippen LogP) is 1.35. The fourth-order valence-corrected chi connectivity index (χ4v) is 2.59. The van der Waals surface area contributed by atoms with Crippen molar-refractivity contribution in [3.05, 3.63) is 24.2 Å². The molecule has 1 saturated carbocycles. The van der Waals surface area contributed by atoms with Crippen molar-refractivity contribution in [1.82, 2.24) is 4.90 Å². The van der Waals surface area contributed by atoms with Gasteiger partial charge in [0.2, 0.25) is 0 Å². The summed E-state index contributed by atoms with van der Waals surface area (Å²) in [5, 5.41) is 9.24. The minimum Gasteiger partial charge on any atom is -0.478 e. The van der Waals surface area contributed by atoms with E-state index in [2.05, 4.69) is 11.6 Å². The van der Waals surface area contributed by atoms with Gasteiger partial charge in [0.25, 0.3) is 0 Å². The first kappa shape index (κ1) is 15.6. The molecule has 2 rings (SSSR count). The molecule has 0 aromatic heterocycles. The van der Waals surface area contributed by atoms with E-state index in [1.165, 1.54) is 0 Å². The largest absolute Gasteiger partial charge is 0.478 e. The van der Waals surface area contributed by atoms with Crippen LogP contribution in [0, 0.1) is 5.92 Å². The van der Waals surface area contributed by atoms with E-state index in [-0.39, 0.29) is 23.7 Å². The second kappa shape index (κ2) is 6.30. The Kier molecular flexibility index (Phi) is 4.67. The molecule has 6 heteroatoms. The summed E-state index contributed by atoms with van der Waals surface area (Å²) in [5.74, 6) is -0.275. The van der Waals surface area contributed by atoms with E-state index in [1.807, 2.05) is 18.7 Å². The number of ether oxygens (including phenoxy) is 1. The third-order valence-corrected chi connectivity index (χ3v) is 3.67. The number of carboxylic acids is 1. The van der Waals surface area contributed by atoms with Crippen LogP contribution in [0.3, 0.4) is 0 Å². The number of hydrogen-bond acceptors (Lipinski definition) is 5. The Labute approximate surface area is 125 Å². The maximum atomic E-state index is 11.3. The highest BCUT2D eigenvalue weighted by atomic mass is 16.5. The molecule has 6 nitrogen and oxygen atoms in total. The van der Waals surface area contributed by atoms with Crippen molar-refractivity contribution in [2.75, 3.05) is 13.1 Å². The molecule has 21 heavy (non-hydrogen) atoms. The lowest BCUT2D eigenvalue weighted by molar-refractivity contribution is -0.132. The lowest BCUT2D eigenvalue weighted by Crippen LogP contribution is -2.44. The average molecular weight is 293 g/mol. The molecule has 2 aliphatic rings. The van der Waals surface area contributed by atoms with Gasteiger partial charge in [0.15, 0.2) is 0 Å². The summed E-state index contributed by atoms with van der Waals surface area (Å²) in [4.78, 5) is 17.8. The highest BCUT2D eigenvalue weighted by Gasteiger charge is 2.33. The monoisotopic (exact) mass is 293 g/mol. The smallest absolute Gasteiger partial charge is 0.339 e. The summed E-state index contributed by atoms with van der Waals surface area (Å²) < 4.78 is 5.68. The third-order valence-electron chi connectivity index (χ3n) is 3.67. The lowest BCUT2D eigenvalue weighted by Gasteiger charge is -2.36. The van der Waals surface area contributed by atoms with Crippen LogP contribution >= 0.6 is 0 Å². The summed E-state index contributed by atoms with van der Waals surface area (Å²) >= 11 is 0. The van der Waals surface area contributed by atoms with E-state index >= 15 is 0 Å². The first-order valence-corrected chi connectivity index (χ1v) is 7.25. The molecule has 1 aliphatic heterocycles. The summed E-state index contributed by atoms with van der Waals surface area (Å²) in [7, 11) is 0. The molecule has 1 aliphatic carbocycles. The van der Waals surface area contributed by atoms with Crippen LogP contribution in [0.1, 0.15) is 26.7 Å². The fraction of sp³-hybridized carbons (Fsp3) is 0.600. The molecule has 2 fully saturated rings. The Morgan fingerprint density at radius 3 is 2.38 bits per heavy atom. The number of rotatable bonds is 5. The van der Waals surface area contributed by atoms with Gasteiger partial charge in [-0.2, -0.15) is 0 Å². The van der Waals surface area contributed by atoms with E-state index in [9.17, 15) is 9.90 Å². The number of carboxylic acid groups (broad SMARTS) is 1. The van der Waals surface area contributed by atoms with E-state index in [0.717, 1.165) is 19.0 Å². The molecule has 2 unspecified atom stereocenters. The number of aliphatic carboxylic acids is 1. The molecular formula is C15H23N3O3. The summed E-state index contributed by atoms with van der Waals surface area (Å²) in [6, 6.07) is 0. The van der Waals surface area contributed by atoms with Gasteiger partial charge >= 0.3 is 5.97 Å². The van der Waals surface area contributed by atoms with Crippen molar-refractivity contribution in [1.29, 1.82) is 0 Å². The number of nitrogens with two attached hydrogens (primary N) is 1. The maximum absolute atomic E-state index is 11.3. The van der Waals surface area contributed by atoms with Crippen LogP contribution in [0.2, 0.25) is 0 Å². The first-order valence-electron chi connectivity index (χ1n) is 7.25. The van der Waals surface area contributed by atoms with Gasteiger partial charge in [0, 0.05) is 25.2 Å². The Balaban J connectivity index is 2.18. The second-order valence-electron chi connectivity index (χ2n) is 5.74. The van der Waals surface area contributed by atoms with Crippen molar-refractivity contribution in [2.45, 2.75) is 38.9 Å². The minimum atomic E-state index is -1.04. The summed E-state index contributed by atoms with van der Waals surface area (Å²) in [6.45, 7) is 9.42. The topological polar surface area (TPSA) is 88.1 Å². The van der Waals surface area contributed by atoms with E-state index in [1.54, 1.807) is 0 Å². The van der Waals surface area contributed by atoms with E-state index in [0.29, 0.717) is 24.6 Å². The van der Waals surface area contributed by atoms with E-state index in [4.69, 9.17) is 10.5 Å². The van der Waals surface area contributed by atoms with Gasteiger partial charge in [-0.05, 0) is 26.7 Å². The van der Waals surface area contributed by atoms with Crippen LogP contribution < -0.4 is 5.73 Å². The van der Waals surface area contributed by atoms with Crippen LogP contribution in [0.4, 0.5) is 0 Å². The molecule has 0 bridgehead atoms. The molecule has 0 spiro atoms. The quantitative estimate of drug-likeness (QED) is 0.590. The molecule has 0 aromatic carbocycles. The Morgan fingerprint density at radius 2 is 1.95 bits per heavy atom. The number of hydrogen-bond donors (Lipinski definition) is 2. The van der Waals surface area contributed by atoms with Gasteiger partial charge in [-0.25, -0.2) is 9.79 Å². The molecule has 1 heterocycles. The van der Waals surface area contributed by atoms with Gasteiger partial charge < -0.3 is 20.5 Å². The van der Waals surface area contributed by atoms with Crippen molar-refractivity contribution in [2.24, 2.45) is 16.6 Å². The highest BCUT2D eigenvalue weighted by molar-refractivity contribution is 6.20. The Bertz CT molecular complexity index is 484. The predicted molar refractivity (Wildman–Crippen MR) is 80.8 cm³/mol. The van der Waals surface area contributed by atoms with Crippen molar-refractivity contribution in [3.63, 3.8) is 0 Å². The van der Waals surface area contributed by atoms with Gasteiger partial charge in [-0.3, -0.25) is 0 Å². The zero-order valence-corrected chi connectivity index (χ0v) is 12.6. The summed E-state index contributed by atoms with van der Waals surface area (Å²) in [5.41, 5.74) is 6.07. The zero-order valence-electron chi connectivity index (χ0n) is 12.6. The van der Waals surface area contributed by atoms with Crippen molar-refractivity contribution in [3.8, 4) is 0 Å². The highest BCUT2D eigenvalue weighted by Crippen LogP contribution is 2.34. The Morgan fingerprint density at radius 1 is 1.38 bits per heavy atom. The minimum absolute atomic E-state index is 0.0769.